The average Bonchev–Trinajstić information content (AvgIpc) is 2.70. The van der Waals surface area contributed by atoms with Crippen LogP contribution in [0.15, 0.2) is 0 Å². The molecule has 0 aromatic heterocycles. The molecule has 0 fully saturated rings. The summed E-state index contributed by atoms with van der Waals surface area (Å²) < 4.78 is 0. The van der Waals surface area contributed by atoms with Crippen LogP contribution in [0.3, 0.4) is 0 Å². The first kappa shape index (κ1) is 29.7. The van der Waals surface area contributed by atoms with Gasteiger partial charge < -0.3 is 43.4 Å². The maximum atomic E-state index is 12.7. The van der Waals surface area contributed by atoms with Crippen LogP contribution in [-0.2, 0) is 28.8 Å². The van der Waals surface area contributed by atoms with Crippen LogP contribution in [0.2, 0.25) is 0 Å². The number of nitrogens with one attached hydrogen (secondary N) is 3. The summed E-state index contributed by atoms with van der Waals surface area (Å²) in [7, 11) is 0. The second-order valence-electron chi connectivity index (χ2n) is 7.95. The van der Waals surface area contributed by atoms with Crippen molar-refractivity contribution in [3.05, 3.63) is 0 Å². The second kappa shape index (κ2) is 14.7. The van der Waals surface area contributed by atoms with Gasteiger partial charge in [0.2, 0.25) is 29.5 Å². The lowest BCUT2D eigenvalue weighted by Crippen LogP contribution is -2.58. The van der Waals surface area contributed by atoms with Gasteiger partial charge in [-0.3, -0.25) is 24.0 Å². The minimum absolute atomic E-state index is 0.0999. The molecule has 0 saturated carbocycles. The number of carbonyl (C=O) groups excluding carboxylic acids is 5. The molecule has 0 heterocycles. The Morgan fingerprint density at radius 1 is 0.758 bits per heavy atom. The van der Waals surface area contributed by atoms with Crippen LogP contribution >= 0.6 is 0 Å². The van der Waals surface area contributed by atoms with Crippen molar-refractivity contribution in [2.24, 2.45) is 23.1 Å². The molecule has 5 amide bonds. The van der Waals surface area contributed by atoms with E-state index in [-0.39, 0.29) is 31.6 Å². The van der Waals surface area contributed by atoms with Crippen molar-refractivity contribution in [2.75, 3.05) is 6.61 Å². The Hall–Kier alpha value is -3.26. The lowest BCUT2D eigenvalue weighted by molar-refractivity contribution is -0.143. The van der Waals surface area contributed by atoms with E-state index in [4.69, 9.17) is 17.2 Å². The van der Waals surface area contributed by atoms with E-state index in [0.717, 1.165) is 0 Å². The molecule has 0 rings (SSSR count). The Kier molecular flexibility index (Phi) is 13.3. The summed E-state index contributed by atoms with van der Waals surface area (Å²) in [5, 5.41) is 25.4. The van der Waals surface area contributed by atoms with Crippen LogP contribution in [0.1, 0.15) is 46.0 Å². The first-order valence-corrected chi connectivity index (χ1v) is 10.3. The minimum atomic E-state index is -1.58. The zero-order chi connectivity index (χ0) is 25.7. The van der Waals surface area contributed by atoms with Gasteiger partial charge in [0.1, 0.15) is 18.1 Å². The van der Waals surface area contributed by atoms with E-state index >= 15 is 0 Å². The van der Waals surface area contributed by atoms with Crippen LogP contribution in [0.4, 0.5) is 0 Å². The number of aliphatic carboxylic acids is 1. The maximum absolute atomic E-state index is 12.7. The number of primary amides is 2. The molecule has 0 saturated heterocycles. The number of hydrogen-bond acceptors (Lipinski definition) is 8. The molecule has 188 valence electrons. The molecular formula is C19H34N6O8. The SMILES string of the molecule is CC(C)CC(N)C(=O)NC(CCC(N)=O)C(=O)NC(CO)C(=O)NC(CCC(N)=O)C(=O)O. The molecule has 0 aromatic carbocycles. The third-order valence-corrected chi connectivity index (χ3v) is 4.48. The summed E-state index contributed by atoms with van der Waals surface area (Å²) in [6.45, 7) is 2.80. The summed E-state index contributed by atoms with van der Waals surface area (Å²) >= 11 is 0. The molecule has 0 spiro atoms. The molecule has 4 unspecified atom stereocenters. The van der Waals surface area contributed by atoms with E-state index in [2.05, 4.69) is 16.0 Å². The Labute approximate surface area is 191 Å². The Bertz CT molecular complexity index is 729. The molecule has 11 N–H and O–H groups in total. The van der Waals surface area contributed by atoms with Crippen LogP contribution in [0.5, 0.6) is 0 Å². The topological polar surface area (TPSA) is 257 Å². The highest BCUT2D eigenvalue weighted by molar-refractivity contribution is 5.94. The molecule has 0 bridgehead atoms. The van der Waals surface area contributed by atoms with Gasteiger partial charge in [-0.1, -0.05) is 13.8 Å². The van der Waals surface area contributed by atoms with Crippen molar-refractivity contribution in [3.63, 3.8) is 0 Å². The van der Waals surface area contributed by atoms with Gasteiger partial charge in [0.15, 0.2) is 0 Å². The third kappa shape index (κ3) is 12.4. The molecule has 33 heavy (non-hydrogen) atoms. The number of carbonyl (C=O) groups is 6. The van der Waals surface area contributed by atoms with Crippen LogP contribution in [0.25, 0.3) is 0 Å². The number of hydrogen-bond donors (Lipinski definition) is 8. The normalized spacial score (nSPS) is 14.5. The predicted octanol–water partition coefficient (Wildman–Crippen LogP) is -3.58. The van der Waals surface area contributed by atoms with Crippen molar-refractivity contribution >= 4 is 35.5 Å². The highest BCUT2D eigenvalue weighted by Crippen LogP contribution is 2.05. The monoisotopic (exact) mass is 474 g/mol. The first-order chi connectivity index (χ1) is 15.3. The third-order valence-electron chi connectivity index (χ3n) is 4.48. The molecule has 14 heteroatoms. The highest BCUT2D eigenvalue weighted by Gasteiger charge is 2.30. The summed E-state index contributed by atoms with van der Waals surface area (Å²) in [4.78, 5) is 70.6. The van der Waals surface area contributed by atoms with Gasteiger partial charge in [0.05, 0.1) is 12.6 Å². The zero-order valence-corrected chi connectivity index (χ0v) is 18.7. The first-order valence-electron chi connectivity index (χ1n) is 10.3. The summed E-state index contributed by atoms with van der Waals surface area (Å²) in [6.07, 6.45) is -0.738. The van der Waals surface area contributed by atoms with Gasteiger partial charge in [0.25, 0.3) is 0 Å². The fourth-order valence-electron chi connectivity index (χ4n) is 2.73. The largest absolute Gasteiger partial charge is 0.480 e. The molecule has 14 nitrogen and oxygen atoms in total. The van der Waals surface area contributed by atoms with Crippen molar-refractivity contribution in [1.82, 2.24) is 16.0 Å². The lowest BCUT2D eigenvalue weighted by Gasteiger charge is -2.24. The van der Waals surface area contributed by atoms with Gasteiger partial charge in [-0.15, -0.1) is 0 Å². The standard InChI is InChI=1S/C19H34N6O8/c1-9(2)7-10(20)16(29)23-11(3-5-14(21)27)17(30)25-13(8-26)18(31)24-12(19(32)33)4-6-15(22)28/h9-13,26H,3-8,20H2,1-2H3,(H2,21,27)(H2,22,28)(H,23,29)(H,24,31)(H,25,30)(H,32,33). The number of aliphatic hydroxyl groups is 1. The maximum Gasteiger partial charge on any atom is 0.326 e. The van der Waals surface area contributed by atoms with Crippen LogP contribution < -0.4 is 33.2 Å². The molecule has 0 aliphatic rings. The molecule has 0 radical (unpaired) electrons. The van der Waals surface area contributed by atoms with Crippen molar-refractivity contribution in [2.45, 2.75) is 70.1 Å². The molecule has 0 aromatic rings. The van der Waals surface area contributed by atoms with Gasteiger partial charge in [-0.25, -0.2) is 4.79 Å². The van der Waals surface area contributed by atoms with Gasteiger partial charge in [-0.05, 0) is 25.2 Å². The van der Waals surface area contributed by atoms with Gasteiger partial charge in [0, 0.05) is 12.8 Å². The Balaban J connectivity index is 5.30. The van der Waals surface area contributed by atoms with Gasteiger partial charge >= 0.3 is 5.97 Å². The highest BCUT2D eigenvalue weighted by atomic mass is 16.4. The second-order valence-corrected chi connectivity index (χ2v) is 7.95. The van der Waals surface area contributed by atoms with Crippen LogP contribution in [-0.4, -0.2) is 76.5 Å². The van der Waals surface area contributed by atoms with E-state index in [1.165, 1.54) is 0 Å². The van der Waals surface area contributed by atoms with E-state index < -0.39 is 66.3 Å². The number of rotatable bonds is 16. The quantitative estimate of drug-likeness (QED) is 0.110. The van der Waals surface area contributed by atoms with Crippen molar-refractivity contribution < 1.29 is 39.0 Å². The smallest absolute Gasteiger partial charge is 0.326 e. The molecule has 0 aliphatic carbocycles. The predicted molar refractivity (Wildman–Crippen MR) is 115 cm³/mol. The van der Waals surface area contributed by atoms with Crippen molar-refractivity contribution in [3.8, 4) is 0 Å². The number of carboxylic acids is 1. The van der Waals surface area contributed by atoms with E-state index in [1.807, 2.05) is 13.8 Å². The molecule has 4 atom stereocenters. The average molecular weight is 475 g/mol. The molecular weight excluding hydrogens is 440 g/mol. The fourth-order valence-corrected chi connectivity index (χ4v) is 2.73. The number of carboxylic acid groups (broad SMARTS) is 1. The summed E-state index contributed by atoms with van der Waals surface area (Å²) in [5.74, 6) is -5.47. The number of nitrogens with two attached hydrogens (primary N) is 3. The van der Waals surface area contributed by atoms with E-state index in [1.54, 1.807) is 0 Å². The van der Waals surface area contributed by atoms with Gasteiger partial charge in [-0.2, -0.15) is 0 Å². The van der Waals surface area contributed by atoms with Crippen LogP contribution in [0, 0.1) is 5.92 Å². The summed E-state index contributed by atoms with van der Waals surface area (Å²) in [6, 6.07) is -5.29. The van der Waals surface area contributed by atoms with Crippen molar-refractivity contribution in [1.29, 1.82) is 0 Å². The minimum Gasteiger partial charge on any atom is -0.480 e. The number of aliphatic hydroxyl groups excluding tert-OH is 1. The fraction of sp³-hybridized carbons (Fsp3) is 0.684. The Morgan fingerprint density at radius 2 is 1.18 bits per heavy atom. The zero-order valence-electron chi connectivity index (χ0n) is 18.7. The van der Waals surface area contributed by atoms with E-state index in [0.29, 0.717) is 6.42 Å². The number of amides is 5. The molecule has 0 aliphatic heterocycles. The lowest BCUT2D eigenvalue weighted by atomic mass is 10.0. The Morgan fingerprint density at radius 3 is 1.61 bits per heavy atom. The summed E-state index contributed by atoms with van der Waals surface area (Å²) in [5.41, 5.74) is 15.9. The van der Waals surface area contributed by atoms with E-state index in [9.17, 15) is 39.0 Å².